The van der Waals surface area contributed by atoms with E-state index in [4.69, 9.17) is 4.74 Å². The van der Waals surface area contributed by atoms with Gasteiger partial charge in [-0.25, -0.2) is 4.39 Å². The van der Waals surface area contributed by atoms with Crippen molar-refractivity contribution in [1.29, 1.82) is 0 Å². The molecule has 0 unspecified atom stereocenters. The summed E-state index contributed by atoms with van der Waals surface area (Å²) < 4.78 is 60.7. The van der Waals surface area contributed by atoms with Gasteiger partial charge in [0.15, 0.2) is 0 Å². The van der Waals surface area contributed by atoms with E-state index < -0.39 is 23.8 Å². The van der Waals surface area contributed by atoms with Crippen molar-refractivity contribution in [2.24, 2.45) is 0 Å². The van der Waals surface area contributed by atoms with Crippen molar-refractivity contribution in [1.82, 2.24) is 19.6 Å². The molecule has 2 aromatic carbocycles. The molecule has 0 N–H and O–H groups in total. The van der Waals surface area contributed by atoms with Gasteiger partial charge in [-0.3, -0.25) is 24.1 Å². The molecule has 38 heavy (non-hydrogen) atoms. The first-order valence-corrected chi connectivity index (χ1v) is 12.8. The zero-order chi connectivity index (χ0) is 27.0. The van der Waals surface area contributed by atoms with E-state index in [0.29, 0.717) is 42.5 Å². The normalized spacial score (nSPS) is 19.9. The molecule has 0 aliphatic carbocycles. The summed E-state index contributed by atoms with van der Waals surface area (Å²) in [5, 5.41) is 4.57. The van der Waals surface area contributed by atoms with Crippen LogP contribution in [-0.2, 0) is 17.5 Å². The van der Waals surface area contributed by atoms with Crippen LogP contribution in [0.5, 0.6) is 5.75 Å². The maximum atomic E-state index is 13.6. The average Bonchev–Trinajstić information content (AvgIpc) is 3.55. The third kappa shape index (κ3) is 5.41. The molecule has 2 amide bonds. The van der Waals surface area contributed by atoms with Gasteiger partial charge in [0.2, 0.25) is 0 Å². The van der Waals surface area contributed by atoms with E-state index in [1.807, 2.05) is 4.90 Å². The van der Waals surface area contributed by atoms with Crippen LogP contribution in [0.15, 0.2) is 47.5 Å². The van der Waals surface area contributed by atoms with Crippen LogP contribution in [0.3, 0.4) is 0 Å². The number of amides is 2. The molecule has 3 aromatic rings. The van der Waals surface area contributed by atoms with E-state index in [1.165, 1.54) is 28.8 Å². The maximum Gasteiger partial charge on any atom is 0.416 e. The number of ether oxygens (including phenoxy) is 1. The summed E-state index contributed by atoms with van der Waals surface area (Å²) in [7, 11) is 1.31. The molecule has 200 valence electrons. The minimum atomic E-state index is -4.55. The second-order valence-corrected chi connectivity index (χ2v) is 10.2. The lowest BCUT2D eigenvalue weighted by molar-refractivity contribution is -0.138. The Morgan fingerprint density at radius 2 is 1.97 bits per heavy atom. The van der Waals surface area contributed by atoms with Gasteiger partial charge in [-0.2, -0.15) is 18.3 Å². The fourth-order valence-corrected chi connectivity index (χ4v) is 5.51. The lowest BCUT2D eigenvalue weighted by Crippen LogP contribution is -2.36. The molecule has 2 saturated heterocycles. The number of benzene rings is 2. The van der Waals surface area contributed by atoms with Crippen LogP contribution in [0, 0.1) is 0 Å². The molecule has 7 nitrogen and oxygen atoms in total. The van der Waals surface area contributed by atoms with Gasteiger partial charge in [0.05, 0.1) is 35.8 Å². The van der Waals surface area contributed by atoms with Gasteiger partial charge in [0, 0.05) is 31.6 Å². The Morgan fingerprint density at radius 1 is 1.16 bits per heavy atom. The largest absolute Gasteiger partial charge is 0.497 e. The SMILES string of the molecule is COc1ccc(Cn2ncc3cc(/C=C4\SC(=O)N(CCN5CC[C@@H](F)C5)C4=O)ccc32)c(C(F)(F)F)c1. The highest BCUT2D eigenvalue weighted by Crippen LogP contribution is 2.36. The molecule has 3 heterocycles. The lowest BCUT2D eigenvalue weighted by Gasteiger charge is -2.18. The molecule has 1 atom stereocenters. The number of hydrogen-bond acceptors (Lipinski definition) is 6. The zero-order valence-corrected chi connectivity index (χ0v) is 21.2. The summed E-state index contributed by atoms with van der Waals surface area (Å²) in [6.45, 7) is 1.46. The number of likely N-dealkylation sites (tertiary alicyclic amines) is 1. The van der Waals surface area contributed by atoms with Crippen LogP contribution in [0.4, 0.5) is 22.4 Å². The molecule has 0 saturated carbocycles. The second-order valence-electron chi connectivity index (χ2n) is 9.16. The van der Waals surface area contributed by atoms with Crippen molar-refractivity contribution >= 4 is 39.9 Å². The first-order valence-electron chi connectivity index (χ1n) is 11.9. The van der Waals surface area contributed by atoms with Crippen LogP contribution in [-0.4, -0.2) is 70.2 Å². The predicted molar refractivity (Wildman–Crippen MR) is 135 cm³/mol. The maximum absolute atomic E-state index is 13.6. The Kier molecular flexibility index (Phi) is 7.19. The number of imide groups is 1. The minimum Gasteiger partial charge on any atom is -0.497 e. The van der Waals surface area contributed by atoms with Gasteiger partial charge < -0.3 is 4.74 Å². The molecule has 2 aliphatic rings. The number of fused-ring (bicyclic) bond motifs is 1. The number of thioether (sulfide) groups is 1. The number of carbonyl (C=O) groups is 2. The number of aromatic nitrogens is 2. The molecule has 2 fully saturated rings. The van der Waals surface area contributed by atoms with Gasteiger partial charge >= 0.3 is 6.18 Å². The standard InChI is InChI=1S/C26H24F4N4O3S/c1-37-20-4-3-17(21(12-20)26(28,29)30)14-34-22-5-2-16(10-18(22)13-31-34)11-23-24(35)33(25(36)38-23)9-8-32-7-6-19(27)15-32/h2-5,10-13,19H,6-9,14-15H2,1H3/b23-11-/t19-/m1/s1. The Labute approximate surface area is 220 Å². The first-order chi connectivity index (χ1) is 18.1. The van der Waals surface area contributed by atoms with Crippen molar-refractivity contribution in [2.45, 2.75) is 25.3 Å². The van der Waals surface area contributed by atoms with Gasteiger partial charge in [0.25, 0.3) is 11.1 Å². The highest BCUT2D eigenvalue weighted by molar-refractivity contribution is 8.18. The Morgan fingerprint density at radius 3 is 2.68 bits per heavy atom. The van der Waals surface area contributed by atoms with Crippen LogP contribution >= 0.6 is 11.8 Å². The Balaban J connectivity index is 1.32. The molecule has 0 spiro atoms. The van der Waals surface area contributed by atoms with E-state index >= 15 is 0 Å². The predicted octanol–water partition coefficient (Wildman–Crippen LogP) is 5.19. The summed E-state index contributed by atoms with van der Waals surface area (Å²) in [5.41, 5.74) is 0.540. The monoisotopic (exact) mass is 548 g/mol. The summed E-state index contributed by atoms with van der Waals surface area (Å²) in [6.07, 6.45) is -1.80. The van der Waals surface area contributed by atoms with Crippen molar-refractivity contribution < 1.29 is 31.9 Å². The fraction of sp³-hybridized carbons (Fsp3) is 0.346. The number of carbonyl (C=O) groups excluding carboxylic acids is 2. The topological polar surface area (TPSA) is 67.7 Å². The second kappa shape index (κ2) is 10.4. The number of rotatable bonds is 7. The highest BCUT2D eigenvalue weighted by atomic mass is 32.2. The van der Waals surface area contributed by atoms with Gasteiger partial charge in [-0.05, 0) is 59.7 Å². The Bertz CT molecular complexity index is 1420. The van der Waals surface area contributed by atoms with Gasteiger partial charge in [-0.15, -0.1) is 0 Å². The van der Waals surface area contributed by atoms with Gasteiger partial charge in [-0.1, -0.05) is 12.1 Å². The van der Waals surface area contributed by atoms with Crippen molar-refractivity contribution in [3.05, 3.63) is 64.2 Å². The average molecular weight is 549 g/mol. The summed E-state index contributed by atoms with van der Waals surface area (Å²) in [4.78, 5) is 28.6. The van der Waals surface area contributed by atoms with Gasteiger partial charge in [0.1, 0.15) is 11.9 Å². The van der Waals surface area contributed by atoms with E-state index in [1.54, 1.807) is 30.5 Å². The quantitative estimate of drug-likeness (QED) is 0.299. The van der Waals surface area contributed by atoms with Crippen molar-refractivity contribution in [3.63, 3.8) is 0 Å². The van der Waals surface area contributed by atoms with Crippen molar-refractivity contribution in [3.8, 4) is 5.75 Å². The summed E-state index contributed by atoms with van der Waals surface area (Å²) >= 11 is 0.847. The van der Waals surface area contributed by atoms with Crippen LogP contribution in [0.25, 0.3) is 17.0 Å². The van der Waals surface area contributed by atoms with E-state index in [-0.39, 0.29) is 34.5 Å². The molecule has 12 heteroatoms. The van der Waals surface area contributed by atoms with E-state index in [0.717, 1.165) is 17.8 Å². The molecule has 1 aromatic heterocycles. The number of methoxy groups -OCH3 is 1. The third-order valence-electron chi connectivity index (χ3n) is 6.63. The summed E-state index contributed by atoms with van der Waals surface area (Å²) in [5.74, 6) is -0.282. The molecular formula is C26H24F4N4O3S. The highest BCUT2D eigenvalue weighted by Gasteiger charge is 2.36. The van der Waals surface area contributed by atoms with Crippen molar-refractivity contribution in [2.75, 3.05) is 33.3 Å². The smallest absolute Gasteiger partial charge is 0.416 e. The third-order valence-corrected chi connectivity index (χ3v) is 7.54. The first kappa shape index (κ1) is 26.2. The number of alkyl halides is 4. The number of nitrogens with zero attached hydrogens (tertiary/aromatic N) is 4. The van der Waals surface area contributed by atoms with Crippen LogP contribution in [0.2, 0.25) is 0 Å². The molecule has 2 aliphatic heterocycles. The minimum absolute atomic E-state index is 0.0528. The van der Waals surface area contributed by atoms with E-state index in [2.05, 4.69) is 5.10 Å². The zero-order valence-electron chi connectivity index (χ0n) is 20.4. The van der Waals surface area contributed by atoms with Crippen LogP contribution in [0.1, 0.15) is 23.1 Å². The van der Waals surface area contributed by atoms with E-state index in [9.17, 15) is 27.2 Å². The number of halogens is 4. The molecule has 5 rings (SSSR count). The van der Waals surface area contributed by atoms with Crippen LogP contribution < -0.4 is 4.74 Å². The molecular weight excluding hydrogens is 524 g/mol. The number of hydrogen-bond donors (Lipinski definition) is 0. The summed E-state index contributed by atoms with van der Waals surface area (Å²) in [6, 6.07) is 9.02. The lowest BCUT2D eigenvalue weighted by atomic mass is 10.1. The molecule has 0 bridgehead atoms. The molecule has 0 radical (unpaired) electrons. The fourth-order valence-electron chi connectivity index (χ4n) is 4.64. The Hall–Kier alpha value is -3.38.